The topological polar surface area (TPSA) is 58.2 Å². The number of alkyl halides is 2. The van der Waals surface area contributed by atoms with Crippen molar-refractivity contribution < 1.29 is 14.0 Å². The Bertz CT molecular complexity index is 1300. The van der Waals surface area contributed by atoms with Gasteiger partial charge in [0.25, 0.3) is 5.91 Å². The molecule has 1 fully saturated rings. The molecule has 2 N–H and O–H groups in total. The van der Waals surface area contributed by atoms with Crippen LogP contribution >= 0.6 is 69.6 Å². The minimum atomic E-state index is -1.36. The molecule has 0 radical (unpaired) electrons. The third-order valence-electron chi connectivity index (χ3n) is 5.24. The number of hydrogen-bond acceptors (Lipinski definition) is 2. The number of amides is 2. The first kappa shape index (κ1) is 25.4. The Morgan fingerprint density at radius 3 is 2.15 bits per heavy atom. The van der Waals surface area contributed by atoms with Gasteiger partial charge in [-0.2, -0.15) is 0 Å². The van der Waals surface area contributed by atoms with Gasteiger partial charge in [0.15, 0.2) is 0 Å². The Morgan fingerprint density at radius 1 is 0.824 bits per heavy atom. The first-order valence-electron chi connectivity index (χ1n) is 9.68. The molecular formula is C23H13Cl6FN2O2. The molecule has 4 rings (SSSR count). The molecule has 2 amide bonds. The zero-order chi connectivity index (χ0) is 24.8. The summed E-state index contributed by atoms with van der Waals surface area (Å²) in [4.78, 5) is 25.6. The number of hydrogen-bond donors (Lipinski definition) is 2. The van der Waals surface area contributed by atoms with Crippen LogP contribution in [0.1, 0.15) is 21.8 Å². The minimum absolute atomic E-state index is 0.0193. The fraction of sp³-hybridized carbons (Fsp3) is 0.130. The zero-order valence-corrected chi connectivity index (χ0v) is 21.3. The standard InChI is InChI=1S/C23H13Cl6FN2O2/c24-11-1-4-18(17(30)8-11)32-21(33)15-9-14(2-3-16(15)27)31-22(34)20-19(23(20,28)29)10-5-12(25)7-13(26)6-10/h1-9,19-20H,(H,31,34)(H,32,33)/t19-,20+/m1/s1. The van der Waals surface area contributed by atoms with Crippen molar-refractivity contribution in [2.24, 2.45) is 5.92 Å². The number of nitrogens with one attached hydrogen (secondary N) is 2. The van der Waals surface area contributed by atoms with E-state index in [-0.39, 0.29) is 27.0 Å². The maximum atomic E-state index is 14.0. The summed E-state index contributed by atoms with van der Waals surface area (Å²) in [6, 6.07) is 13.0. The van der Waals surface area contributed by atoms with E-state index in [0.29, 0.717) is 15.6 Å². The number of rotatable bonds is 5. The Kier molecular flexibility index (Phi) is 7.26. The van der Waals surface area contributed by atoms with E-state index < -0.39 is 33.8 Å². The van der Waals surface area contributed by atoms with Gasteiger partial charge in [0, 0.05) is 26.7 Å². The first-order valence-corrected chi connectivity index (χ1v) is 11.9. The van der Waals surface area contributed by atoms with Crippen LogP contribution in [0, 0.1) is 11.7 Å². The van der Waals surface area contributed by atoms with E-state index in [2.05, 4.69) is 10.6 Å². The highest BCUT2D eigenvalue weighted by Crippen LogP contribution is 2.65. The molecule has 4 nitrogen and oxygen atoms in total. The minimum Gasteiger partial charge on any atom is -0.326 e. The SMILES string of the molecule is O=C(Nc1ccc(Cl)cc1F)c1cc(NC(=O)[C@@H]2[C@@H](c3cc(Cl)cc(Cl)c3)C2(Cl)Cl)ccc1Cl. The van der Waals surface area contributed by atoms with Crippen molar-refractivity contribution in [1.29, 1.82) is 0 Å². The van der Waals surface area contributed by atoms with Crippen LogP contribution in [0.5, 0.6) is 0 Å². The van der Waals surface area contributed by atoms with Gasteiger partial charge in [-0.15, -0.1) is 23.2 Å². The molecule has 2 atom stereocenters. The van der Waals surface area contributed by atoms with Gasteiger partial charge >= 0.3 is 0 Å². The Hall–Kier alpha value is -1.73. The second-order valence-corrected chi connectivity index (χ2v) is 10.8. The molecule has 0 heterocycles. The average Bonchev–Trinajstić information content (AvgIpc) is 3.33. The normalized spacial score (nSPS) is 18.3. The molecule has 1 saturated carbocycles. The third kappa shape index (κ3) is 5.25. The van der Waals surface area contributed by atoms with Gasteiger partial charge < -0.3 is 10.6 Å². The predicted molar refractivity (Wildman–Crippen MR) is 137 cm³/mol. The van der Waals surface area contributed by atoms with Crippen molar-refractivity contribution in [3.8, 4) is 0 Å². The Balaban J connectivity index is 1.52. The lowest BCUT2D eigenvalue weighted by molar-refractivity contribution is -0.117. The van der Waals surface area contributed by atoms with Crippen LogP contribution in [-0.4, -0.2) is 16.1 Å². The number of carbonyl (C=O) groups is 2. The van der Waals surface area contributed by atoms with Gasteiger partial charge in [0.05, 0.1) is 22.2 Å². The van der Waals surface area contributed by atoms with Crippen LogP contribution in [-0.2, 0) is 4.79 Å². The van der Waals surface area contributed by atoms with Crippen molar-refractivity contribution in [2.45, 2.75) is 10.3 Å². The maximum absolute atomic E-state index is 14.0. The fourth-order valence-corrected chi connectivity index (χ4v) is 5.33. The second kappa shape index (κ2) is 9.73. The van der Waals surface area contributed by atoms with Crippen LogP contribution < -0.4 is 10.6 Å². The Labute approximate surface area is 224 Å². The molecule has 0 saturated heterocycles. The molecular weight excluding hydrogens is 568 g/mol. The highest BCUT2D eigenvalue weighted by Gasteiger charge is 2.67. The molecule has 3 aromatic carbocycles. The summed E-state index contributed by atoms with van der Waals surface area (Å²) in [5.41, 5.74) is 0.847. The second-order valence-electron chi connectivity index (χ2n) is 7.59. The summed E-state index contributed by atoms with van der Waals surface area (Å²) in [6.07, 6.45) is 0. The molecule has 0 spiro atoms. The maximum Gasteiger partial charge on any atom is 0.257 e. The van der Waals surface area contributed by atoms with Gasteiger partial charge in [0.2, 0.25) is 5.91 Å². The molecule has 0 aromatic heterocycles. The van der Waals surface area contributed by atoms with Crippen LogP contribution in [0.15, 0.2) is 54.6 Å². The highest BCUT2D eigenvalue weighted by atomic mass is 35.5. The van der Waals surface area contributed by atoms with Gasteiger partial charge in [-0.25, -0.2) is 4.39 Å². The summed E-state index contributed by atoms with van der Waals surface area (Å²) >= 11 is 36.8. The van der Waals surface area contributed by atoms with E-state index in [1.807, 2.05) is 0 Å². The van der Waals surface area contributed by atoms with Crippen LogP contribution in [0.3, 0.4) is 0 Å². The molecule has 11 heteroatoms. The van der Waals surface area contributed by atoms with Crippen LogP contribution in [0.25, 0.3) is 0 Å². The average molecular weight is 581 g/mol. The summed E-state index contributed by atoms with van der Waals surface area (Å²) in [7, 11) is 0. The van der Waals surface area contributed by atoms with Crippen molar-refractivity contribution in [3.63, 3.8) is 0 Å². The van der Waals surface area contributed by atoms with Crippen molar-refractivity contribution >= 4 is 92.8 Å². The lowest BCUT2D eigenvalue weighted by Crippen LogP contribution is -2.18. The molecule has 34 heavy (non-hydrogen) atoms. The summed E-state index contributed by atoms with van der Waals surface area (Å²) in [5.74, 6) is -3.17. The molecule has 0 unspecified atom stereocenters. The van der Waals surface area contributed by atoms with Gasteiger partial charge in [-0.1, -0.05) is 46.4 Å². The zero-order valence-electron chi connectivity index (χ0n) is 16.8. The lowest BCUT2D eigenvalue weighted by Gasteiger charge is -2.11. The monoisotopic (exact) mass is 578 g/mol. The largest absolute Gasteiger partial charge is 0.326 e. The van der Waals surface area contributed by atoms with E-state index in [0.717, 1.165) is 6.07 Å². The van der Waals surface area contributed by atoms with E-state index in [9.17, 15) is 14.0 Å². The quantitative estimate of drug-likeness (QED) is 0.299. The molecule has 0 bridgehead atoms. The van der Waals surface area contributed by atoms with Gasteiger partial charge in [-0.05, 0) is 60.2 Å². The number of carbonyl (C=O) groups excluding carboxylic acids is 2. The summed E-state index contributed by atoms with van der Waals surface area (Å²) in [6.45, 7) is 0. The fourth-order valence-electron chi connectivity index (χ4n) is 3.60. The van der Waals surface area contributed by atoms with Crippen molar-refractivity contribution in [3.05, 3.63) is 91.6 Å². The highest BCUT2D eigenvalue weighted by molar-refractivity contribution is 6.53. The summed E-state index contributed by atoms with van der Waals surface area (Å²) < 4.78 is 12.7. The molecule has 1 aliphatic rings. The lowest BCUT2D eigenvalue weighted by atomic mass is 10.1. The van der Waals surface area contributed by atoms with Gasteiger partial charge in [-0.3, -0.25) is 9.59 Å². The summed E-state index contributed by atoms with van der Waals surface area (Å²) in [5, 5.41) is 6.19. The smallest absolute Gasteiger partial charge is 0.257 e. The van der Waals surface area contributed by atoms with E-state index in [1.54, 1.807) is 18.2 Å². The number of halogens is 7. The third-order valence-corrected chi connectivity index (χ3v) is 7.18. The predicted octanol–water partition coefficient (Wildman–Crippen LogP) is 8.22. The molecule has 0 aliphatic heterocycles. The number of anilines is 2. The molecule has 176 valence electrons. The van der Waals surface area contributed by atoms with Crippen LogP contribution in [0.4, 0.5) is 15.8 Å². The van der Waals surface area contributed by atoms with Gasteiger partial charge in [0.1, 0.15) is 10.2 Å². The van der Waals surface area contributed by atoms with Crippen LogP contribution in [0.2, 0.25) is 20.1 Å². The Morgan fingerprint density at radius 2 is 1.50 bits per heavy atom. The van der Waals surface area contributed by atoms with E-state index in [4.69, 9.17) is 69.6 Å². The molecule has 1 aliphatic carbocycles. The van der Waals surface area contributed by atoms with E-state index >= 15 is 0 Å². The number of benzene rings is 3. The first-order chi connectivity index (χ1) is 16.0. The van der Waals surface area contributed by atoms with Crippen molar-refractivity contribution in [1.82, 2.24) is 0 Å². The van der Waals surface area contributed by atoms with E-state index in [1.165, 1.54) is 30.3 Å². The molecule has 3 aromatic rings. The van der Waals surface area contributed by atoms with Crippen molar-refractivity contribution in [2.75, 3.05) is 10.6 Å².